The number of amides is 2. The predicted molar refractivity (Wildman–Crippen MR) is 82.6 cm³/mol. The molecule has 5 nitrogen and oxygen atoms in total. The third-order valence-electron chi connectivity index (χ3n) is 3.90. The van der Waals surface area contributed by atoms with Gasteiger partial charge in [-0.3, -0.25) is 9.59 Å². The van der Waals surface area contributed by atoms with Crippen LogP contribution in [0.1, 0.15) is 25.3 Å². The van der Waals surface area contributed by atoms with Crippen LogP contribution in [-0.2, 0) is 16.0 Å². The van der Waals surface area contributed by atoms with Crippen LogP contribution in [-0.4, -0.2) is 47.8 Å². The molecule has 1 aromatic carbocycles. The molecule has 0 bridgehead atoms. The topological polar surface area (TPSA) is 66.6 Å². The maximum Gasteiger partial charge on any atom is 0.227 e. The number of hydrogen-bond donors (Lipinski definition) is 1. The summed E-state index contributed by atoms with van der Waals surface area (Å²) in [7, 11) is 0. The summed E-state index contributed by atoms with van der Waals surface area (Å²) >= 11 is 0. The fourth-order valence-corrected chi connectivity index (χ4v) is 2.61. The van der Waals surface area contributed by atoms with Gasteiger partial charge < -0.3 is 15.5 Å². The largest absolute Gasteiger partial charge is 0.398 e. The van der Waals surface area contributed by atoms with E-state index in [-0.39, 0.29) is 11.8 Å². The van der Waals surface area contributed by atoms with E-state index in [2.05, 4.69) is 0 Å². The molecule has 114 valence electrons. The molecule has 1 aromatic rings. The second-order valence-electron chi connectivity index (χ2n) is 5.34. The van der Waals surface area contributed by atoms with Gasteiger partial charge in [-0.15, -0.1) is 0 Å². The van der Waals surface area contributed by atoms with Crippen molar-refractivity contribution in [1.29, 1.82) is 0 Å². The highest BCUT2D eigenvalue weighted by Gasteiger charge is 2.21. The number of rotatable bonds is 3. The lowest BCUT2D eigenvalue weighted by atomic mass is 10.1. The molecule has 1 heterocycles. The summed E-state index contributed by atoms with van der Waals surface area (Å²) in [5.74, 6) is 0.246. The Labute approximate surface area is 125 Å². The number of anilines is 1. The van der Waals surface area contributed by atoms with Crippen LogP contribution in [0.2, 0.25) is 0 Å². The minimum atomic E-state index is 0.0821. The quantitative estimate of drug-likeness (QED) is 0.852. The lowest BCUT2D eigenvalue weighted by Crippen LogP contribution is -2.37. The van der Waals surface area contributed by atoms with Crippen LogP contribution in [0.25, 0.3) is 0 Å². The van der Waals surface area contributed by atoms with Crippen LogP contribution >= 0.6 is 0 Å². The first kappa shape index (κ1) is 15.4. The van der Waals surface area contributed by atoms with Gasteiger partial charge in [0.05, 0.1) is 6.42 Å². The molecule has 0 unspecified atom stereocenters. The van der Waals surface area contributed by atoms with Gasteiger partial charge in [-0.25, -0.2) is 0 Å². The minimum absolute atomic E-state index is 0.0821. The van der Waals surface area contributed by atoms with Crippen molar-refractivity contribution >= 4 is 17.5 Å². The molecule has 2 rings (SSSR count). The van der Waals surface area contributed by atoms with Crippen molar-refractivity contribution in [2.45, 2.75) is 26.2 Å². The molecule has 1 saturated heterocycles. The molecule has 0 aromatic heterocycles. The molecule has 5 heteroatoms. The van der Waals surface area contributed by atoms with E-state index < -0.39 is 0 Å². The SMILES string of the molecule is CCC(=O)N1CCCN(C(=O)Cc2ccccc2N)CC1. The zero-order chi connectivity index (χ0) is 15.2. The van der Waals surface area contributed by atoms with Gasteiger partial charge in [-0.05, 0) is 18.1 Å². The number of carbonyl (C=O) groups is 2. The second-order valence-corrected chi connectivity index (χ2v) is 5.34. The Morgan fingerprint density at radius 1 is 1.05 bits per heavy atom. The third kappa shape index (κ3) is 3.97. The normalized spacial score (nSPS) is 15.7. The molecule has 0 aliphatic carbocycles. The molecule has 1 aliphatic rings. The first-order valence-corrected chi connectivity index (χ1v) is 7.50. The van der Waals surface area contributed by atoms with Gasteiger partial charge >= 0.3 is 0 Å². The van der Waals surface area contributed by atoms with Gasteiger partial charge in [0.1, 0.15) is 0 Å². The molecule has 1 fully saturated rings. The number of nitrogen functional groups attached to an aromatic ring is 1. The van der Waals surface area contributed by atoms with Crippen LogP contribution in [0.3, 0.4) is 0 Å². The number of benzene rings is 1. The molecular weight excluding hydrogens is 266 g/mol. The smallest absolute Gasteiger partial charge is 0.227 e. The van der Waals surface area contributed by atoms with E-state index in [0.717, 1.165) is 18.5 Å². The van der Waals surface area contributed by atoms with Crippen LogP contribution < -0.4 is 5.73 Å². The van der Waals surface area contributed by atoms with Crippen molar-refractivity contribution in [2.24, 2.45) is 0 Å². The van der Waals surface area contributed by atoms with Gasteiger partial charge in [0.15, 0.2) is 0 Å². The number of nitrogens with zero attached hydrogens (tertiary/aromatic N) is 2. The molecule has 2 N–H and O–H groups in total. The van der Waals surface area contributed by atoms with Crippen LogP contribution in [0.5, 0.6) is 0 Å². The van der Waals surface area contributed by atoms with Gasteiger partial charge in [-0.2, -0.15) is 0 Å². The second kappa shape index (κ2) is 7.11. The van der Waals surface area contributed by atoms with E-state index in [0.29, 0.717) is 38.2 Å². The van der Waals surface area contributed by atoms with Gasteiger partial charge in [0.2, 0.25) is 11.8 Å². The lowest BCUT2D eigenvalue weighted by molar-refractivity contribution is -0.133. The van der Waals surface area contributed by atoms with Crippen molar-refractivity contribution in [3.63, 3.8) is 0 Å². The molecular formula is C16H23N3O2. The first-order chi connectivity index (χ1) is 10.1. The Morgan fingerprint density at radius 2 is 1.67 bits per heavy atom. The molecule has 2 amide bonds. The summed E-state index contributed by atoms with van der Waals surface area (Å²) in [6.07, 6.45) is 1.69. The van der Waals surface area contributed by atoms with Crippen molar-refractivity contribution in [2.75, 3.05) is 31.9 Å². The summed E-state index contributed by atoms with van der Waals surface area (Å²) in [5, 5.41) is 0. The van der Waals surface area contributed by atoms with Gasteiger partial charge in [0.25, 0.3) is 0 Å². The van der Waals surface area contributed by atoms with Crippen molar-refractivity contribution in [3.8, 4) is 0 Å². The molecule has 0 radical (unpaired) electrons. The van der Waals surface area contributed by atoms with E-state index in [4.69, 9.17) is 5.73 Å². The van der Waals surface area contributed by atoms with Crippen molar-refractivity contribution < 1.29 is 9.59 Å². The average Bonchev–Trinajstić information content (AvgIpc) is 2.75. The van der Waals surface area contributed by atoms with Crippen LogP contribution in [0.15, 0.2) is 24.3 Å². The molecule has 0 spiro atoms. The standard InChI is InChI=1S/C16H23N3O2/c1-2-15(20)18-8-5-9-19(11-10-18)16(21)12-13-6-3-4-7-14(13)17/h3-4,6-7H,2,5,8-12,17H2,1H3. The summed E-state index contributed by atoms with van der Waals surface area (Å²) < 4.78 is 0. The van der Waals surface area contributed by atoms with E-state index in [1.54, 1.807) is 0 Å². The maximum atomic E-state index is 12.4. The summed E-state index contributed by atoms with van der Waals surface area (Å²) in [6, 6.07) is 7.46. The maximum absolute atomic E-state index is 12.4. The van der Waals surface area contributed by atoms with E-state index in [9.17, 15) is 9.59 Å². The van der Waals surface area contributed by atoms with Crippen molar-refractivity contribution in [3.05, 3.63) is 29.8 Å². The fraction of sp³-hybridized carbons (Fsp3) is 0.500. The molecule has 0 saturated carbocycles. The number of carbonyl (C=O) groups excluding carboxylic acids is 2. The molecule has 21 heavy (non-hydrogen) atoms. The Bertz CT molecular complexity index is 516. The minimum Gasteiger partial charge on any atom is -0.398 e. The highest BCUT2D eigenvalue weighted by molar-refractivity contribution is 5.80. The highest BCUT2D eigenvalue weighted by Crippen LogP contribution is 2.13. The zero-order valence-electron chi connectivity index (χ0n) is 12.5. The van der Waals surface area contributed by atoms with Gasteiger partial charge in [0, 0.05) is 38.3 Å². The Hall–Kier alpha value is -2.04. The highest BCUT2D eigenvalue weighted by atomic mass is 16.2. The number of nitrogens with two attached hydrogens (primary N) is 1. The molecule has 1 aliphatic heterocycles. The summed E-state index contributed by atoms with van der Waals surface area (Å²) in [6.45, 7) is 4.55. The monoisotopic (exact) mass is 289 g/mol. The Kier molecular flexibility index (Phi) is 5.20. The Morgan fingerprint density at radius 3 is 2.29 bits per heavy atom. The van der Waals surface area contributed by atoms with Gasteiger partial charge in [-0.1, -0.05) is 25.1 Å². The van der Waals surface area contributed by atoms with Crippen molar-refractivity contribution in [1.82, 2.24) is 9.80 Å². The average molecular weight is 289 g/mol. The fourth-order valence-electron chi connectivity index (χ4n) is 2.61. The van der Waals surface area contributed by atoms with E-state index in [1.165, 1.54) is 0 Å². The predicted octanol–water partition coefficient (Wildman–Crippen LogP) is 1.28. The first-order valence-electron chi connectivity index (χ1n) is 7.50. The number of hydrogen-bond acceptors (Lipinski definition) is 3. The Balaban J connectivity index is 1.94. The molecule has 0 atom stereocenters. The zero-order valence-corrected chi connectivity index (χ0v) is 12.5. The third-order valence-corrected chi connectivity index (χ3v) is 3.90. The lowest BCUT2D eigenvalue weighted by Gasteiger charge is -2.22. The summed E-state index contributed by atoms with van der Waals surface area (Å²) in [4.78, 5) is 27.8. The number of para-hydroxylation sites is 1. The summed E-state index contributed by atoms with van der Waals surface area (Å²) in [5.41, 5.74) is 7.41. The van der Waals surface area contributed by atoms with Crippen LogP contribution in [0.4, 0.5) is 5.69 Å². The van der Waals surface area contributed by atoms with Crippen LogP contribution in [0, 0.1) is 0 Å². The van der Waals surface area contributed by atoms with E-state index >= 15 is 0 Å². The van der Waals surface area contributed by atoms with E-state index in [1.807, 2.05) is 41.0 Å².